The number of halogens is 1. The molecule has 172 valence electrons. The number of aromatic carboxylic acids is 1. The molecule has 0 spiro atoms. The van der Waals surface area contributed by atoms with Crippen molar-refractivity contribution >= 4 is 45.5 Å². The Labute approximate surface area is 198 Å². The maximum atomic E-state index is 12.6. The number of rotatable bonds is 10. The topological polar surface area (TPSA) is 135 Å². The number of benzene rings is 2. The summed E-state index contributed by atoms with van der Waals surface area (Å²) in [6.07, 6.45) is 1.35. The molecule has 0 atom stereocenters. The number of hydrogen-bond acceptors (Lipinski definition) is 7. The van der Waals surface area contributed by atoms with Gasteiger partial charge in [-0.2, -0.15) is 5.26 Å². The second-order valence-electron chi connectivity index (χ2n) is 6.37. The molecule has 0 saturated carbocycles. The highest BCUT2D eigenvalue weighted by molar-refractivity contribution is 9.10. The van der Waals surface area contributed by atoms with Crippen molar-refractivity contribution in [2.45, 2.75) is 13.8 Å². The van der Waals surface area contributed by atoms with Crippen molar-refractivity contribution in [1.29, 1.82) is 5.26 Å². The highest BCUT2D eigenvalue weighted by Gasteiger charge is 2.16. The van der Waals surface area contributed by atoms with E-state index in [0.717, 1.165) is 0 Å². The van der Waals surface area contributed by atoms with Crippen LogP contribution in [0.1, 0.15) is 29.8 Å². The second-order valence-corrected chi connectivity index (χ2v) is 7.22. The van der Waals surface area contributed by atoms with E-state index >= 15 is 0 Å². The molecule has 0 bridgehead atoms. The van der Waals surface area contributed by atoms with Crippen molar-refractivity contribution < 1.29 is 33.7 Å². The molecule has 1 amide bonds. The van der Waals surface area contributed by atoms with Crippen LogP contribution < -0.4 is 14.8 Å². The number of anilines is 1. The molecule has 33 heavy (non-hydrogen) atoms. The number of nitrogens with zero attached hydrogens (tertiary/aromatic N) is 1. The minimum atomic E-state index is -1.14. The van der Waals surface area contributed by atoms with Crippen LogP contribution in [0.25, 0.3) is 6.08 Å². The fourth-order valence-corrected chi connectivity index (χ4v) is 3.23. The number of carbonyl (C=O) groups is 3. The van der Waals surface area contributed by atoms with Gasteiger partial charge in [-0.05, 0) is 71.7 Å². The molecule has 0 fully saturated rings. The van der Waals surface area contributed by atoms with Crippen LogP contribution in [-0.4, -0.2) is 42.8 Å². The highest BCUT2D eigenvalue weighted by Crippen LogP contribution is 2.37. The molecule has 0 saturated heterocycles. The predicted molar refractivity (Wildman–Crippen MR) is 123 cm³/mol. The van der Waals surface area contributed by atoms with E-state index in [1.807, 2.05) is 6.07 Å². The molecule has 0 heterocycles. The molecule has 0 unspecified atom stereocenters. The Hall–Kier alpha value is -3.84. The summed E-state index contributed by atoms with van der Waals surface area (Å²) in [5.74, 6) is -1.81. The van der Waals surface area contributed by atoms with Gasteiger partial charge in [0.2, 0.25) is 0 Å². The lowest BCUT2D eigenvalue weighted by molar-refractivity contribution is -0.145. The maximum absolute atomic E-state index is 12.6. The molecule has 9 nitrogen and oxygen atoms in total. The van der Waals surface area contributed by atoms with E-state index < -0.39 is 17.8 Å². The maximum Gasteiger partial charge on any atom is 0.344 e. The first-order valence-corrected chi connectivity index (χ1v) is 10.6. The lowest BCUT2D eigenvalue weighted by Crippen LogP contribution is -2.15. The number of ether oxygens (including phenoxy) is 3. The van der Waals surface area contributed by atoms with Crippen LogP contribution in [0.3, 0.4) is 0 Å². The average Bonchev–Trinajstić information content (AvgIpc) is 2.77. The van der Waals surface area contributed by atoms with Gasteiger partial charge in [-0.3, -0.25) is 4.79 Å². The lowest BCUT2D eigenvalue weighted by atomic mass is 10.1. The Balaban J connectivity index is 2.29. The van der Waals surface area contributed by atoms with Crippen LogP contribution >= 0.6 is 15.9 Å². The smallest absolute Gasteiger partial charge is 0.344 e. The van der Waals surface area contributed by atoms with E-state index in [1.54, 1.807) is 26.0 Å². The van der Waals surface area contributed by atoms with Crippen molar-refractivity contribution in [2.75, 3.05) is 25.1 Å². The van der Waals surface area contributed by atoms with Crippen LogP contribution in [0.15, 0.2) is 46.4 Å². The van der Waals surface area contributed by atoms with Gasteiger partial charge >= 0.3 is 11.9 Å². The Morgan fingerprint density at radius 3 is 2.55 bits per heavy atom. The molecule has 2 aromatic carbocycles. The first-order chi connectivity index (χ1) is 15.8. The van der Waals surface area contributed by atoms with E-state index in [4.69, 9.17) is 19.3 Å². The van der Waals surface area contributed by atoms with Crippen molar-refractivity contribution in [3.8, 4) is 17.6 Å². The van der Waals surface area contributed by atoms with Gasteiger partial charge in [0.05, 0.1) is 23.2 Å². The Bertz CT molecular complexity index is 1120. The lowest BCUT2D eigenvalue weighted by Gasteiger charge is -2.14. The number of carbonyl (C=O) groups excluding carboxylic acids is 2. The monoisotopic (exact) mass is 516 g/mol. The van der Waals surface area contributed by atoms with Gasteiger partial charge in [0.15, 0.2) is 18.1 Å². The Morgan fingerprint density at radius 1 is 1.15 bits per heavy atom. The number of nitrogens with one attached hydrogen (secondary N) is 1. The standard InChI is InChI=1S/C23H21BrN2O7/c1-3-31-19-10-14(9-18(24)21(19)33-13-20(27)32-4-2)8-16(12-25)22(28)26-17-7-5-6-15(11-17)23(29)30/h5-11H,3-4,13H2,1-2H3,(H,26,28)(H,29,30)/b16-8-. The van der Waals surface area contributed by atoms with Gasteiger partial charge in [0.25, 0.3) is 5.91 Å². The molecule has 2 rings (SSSR count). The summed E-state index contributed by atoms with van der Waals surface area (Å²) in [4.78, 5) is 35.3. The number of amides is 1. The van der Waals surface area contributed by atoms with E-state index in [9.17, 15) is 19.6 Å². The fourth-order valence-electron chi connectivity index (χ4n) is 2.65. The zero-order valence-corrected chi connectivity index (χ0v) is 19.5. The summed E-state index contributed by atoms with van der Waals surface area (Å²) in [6.45, 7) is 3.67. The molecule has 2 aromatic rings. The number of hydrogen-bond donors (Lipinski definition) is 2. The van der Waals surface area contributed by atoms with Gasteiger partial charge in [0, 0.05) is 5.69 Å². The zero-order valence-electron chi connectivity index (χ0n) is 17.9. The van der Waals surface area contributed by atoms with E-state index in [1.165, 1.54) is 30.3 Å². The van der Waals surface area contributed by atoms with Gasteiger partial charge < -0.3 is 24.6 Å². The van der Waals surface area contributed by atoms with E-state index in [-0.39, 0.29) is 35.8 Å². The van der Waals surface area contributed by atoms with Crippen molar-refractivity contribution in [3.63, 3.8) is 0 Å². The summed E-state index contributed by atoms with van der Waals surface area (Å²) in [7, 11) is 0. The first kappa shape index (κ1) is 25.4. The third-order valence-corrected chi connectivity index (χ3v) is 4.60. The molecule has 0 aliphatic rings. The Morgan fingerprint density at radius 2 is 1.91 bits per heavy atom. The van der Waals surface area contributed by atoms with Crippen LogP contribution in [0, 0.1) is 11.3 Å². The minimum Gasteiger partial charge on any atom is -0.490 e. The third-order valence-electron chi connectivity index (χ3n) is 4.01. The van der Waals surface area contributed by atoms with Crippen LogP contribution in [0.2, 0.25) is 0 Å². The average molecular weight is 517 g/mol. The molecule has 0 radical (unpaired) electrons. The van der Waals surface area contributed by atoms with E-state index in [0.29, 0.717) is 22.4 Å². The molecule has 0 aromatic heterocycles. The summed E-state index contributed by atoms with van der Waals surface area (Å²) in [6, 6.07) is 10.7. The summed E-state index contributed by atoms with van der Waals surface area (Å²) in [5, 5.41) is 21.1. The fraction of sp³-hybridized carbons (Fsp3) is 0.217. The zero-order chi connectivity index (χ0) is 24.4. The summed E-state index contributed by atoms with van der Waals surface area (Å²) < 4.78 is 16.4. The van der Waals surface area contributed by atoms with Crippen molar-refractivity contribution in [3.05, 3.63) is 57.6 Å². The quantitative estimate of drug-likeness (QED) is 0.274. The summed E-state index contributed by atoms with van der Waals surface area (Å²) in [5.41, 5.74) is 0.476. The van der Waals surface area contributed by atoms with Crippen LogP contribution in [0.4, 0.5) is 5.69 Å². The van der Waals surface area contributed by atoms with Crippen molar-refractivity contribution in [2.24, 2.45) is 0 Å². The molecule has 2 N–H and O–H groups in total. The first-order valence-electron chi connectivity index (χ1n) is 9.80. The largest absolute Gasteiger partial charge is 0.490 e. The Kier molecular flexibility index (Phi) is 9.45. The highest BCUT2D eigenvalue weighted by atomic mass is 79.9. The molecular formula is C23H21BrN2O7. The van der Waals surface area contributed by atoms with Crippen LogP contribution in [-0.2, 0) is 14.3 Å². The third kappa shape index (κ3) is 7.36. The van der Waals surface area contributed by atoms with Gasteiger partial charge in [0.1, 0.15) is 11.6 Å². The normalized spacial score (nSPS) is 10.7. The number of esters is 1. The molecule has 0 aliphatic carbocycles. The van der Waals surface area contributed by atoms with Gasteiger partial charge in [-0.15, -0.1) is 0 Å². The summed E-state index contributed by atoms with van der Waals surface area (Å²) >= 11 is 3.36. The number of carboxylic acids is 1. The number of nitriles is 1. The second kappa shape index (κ2) is 12.3. The van der Waals surface area contributed by atoms with Crippen molar-refractivity contribution in [1.82, 2.24) is 0 Å². The van der Waals surface area contributed by atoms with Gasteiger partial charge in [-0.1, -0.05) is 6.07 Å². The van der Waals surface area contributed by atoms with Crippen LogP contribution in [0.5, 0.6) is 11.5 Å². The molecule has 10 heteroatoms. The molecule has 0 aliphatic heterocycles. The predicted octanol–water partition coefficient (Wildman–Crippen LogP) is 4.03. The SMILES string of the molecule is CCOC(=O)COc1c(Br)cc(/C=C(/C#N)C(=O)Nc2cccc(C(=O)O)c2)cc1OCC. The minimum absolute atomic E-state index is 0.000943. The number of carboxylic acid groups (broad SMARTS) is 1. The molecular weight excluding hydrogens is 496 g/mol. The van der Waals surface area contributed by atoms with Gasteiger partial charge in [-0.25, -0.2) is 9.59 Å². The van der Waals surface area contributed by atoms with E-state index in [2.05, 4.69) is 21.2 Å².